The van der Waals surface area contributed by atoms with Crippen LogP contribution in [0, 0.1) is 0 Å². The van der Waals surface area contributed by atoms with Crippen LogP contribution in [-0.4, -0.2) is 52.9 Å². The molecule has 2 aromatic heterocycles. The molecule has 0 aromatic carbocycles. The standard InChI is InChI=1S/C18H24N4O3/c23-18(17-2-1-9-25-17)19-7-3-15-12-21(14-5-10-24-11-6-14)13-16-4-8-20-22(15)16/h1-2,4,8-9,14-15H,3,5-7,10-13H2,(H,19,23)/t15-/m0/s1. The summed E-state index contributed by atoms with van der Waals surface area (Å²) >= 11 is 0. The fraction of sp³-hybridized carbons (Fsp3) is 0.556. The first-order valence-electron chi connectivity index (χ1n) is 8.97. The lowest BCUT2D eigenvalue weighted by Crippen LogP contribution is -2.46. The quantitative estimate of drug-likeness (QED) is 0.896. The Morgan fingerprint density at radius 1 is 1.32 bits per heavy atom. The fourth-order valence-electron chi connectivity index (χ4n) is 3.81. The van der Waals surface area contributed by atoms with E-state index in [1.807, 2.05) is 6.20 Å². The van der Waals surface area contributed by atoms with Crippen molar-refractivity contribution >= 4 is 5.91 Å². The largest absolute Gasteiger partial charge is 0.459 e. The highest BCUT2D eigenvalue weighted by molar-refractivity contribution is 5.91. The van der Waals surface area contributed by atoms with Gasteiger partial charge in [0, 0.05) is 45.1 Å². The Morgan fingerprint density at radius 2 is 2.20 bits per heavy atom. The van der Waals surface area contributed by atoms with E-state index in [9.17, 15) is 4.79 Å². The van der Waals surface area contributed by atoms with Crippen LogP contribution in [0.2, 0.25) is 0 Å². The van der Waals surface area contributed by atoms with Gasteiger partial charge in [0.1, 0.15) is 0 Å². The average molecular weight is 344 g/mol. The van der Waals surface area contributed by atoms with E-state index in [4.69, 9.17) is 9.15 Å². The van der Waals surface area contributed by atoms with Crippen LogP contribution in [0.3, 0.4) is 0 Å². The number of fused-ring (bicyclic) bond motifs is 1. The molecule has 4 rings (SSSR count). The molecule has 7 heteroatoms. The van der Waals surface area contributed by atoms with Crippen LogP contribution in [0.25, 0.3) is 0 Å². The maximum absolute atomic E-state index is 12.0. The molecule has 1 amide bonds. The van der Waals surface area contributed by atoms with Crippen LogP contribution in [0.15, 0.2) is 35.1 Å². The Labute approximate surface area is 146 Å². The number of nitrogens with one attached hydrogen (secondary N) is 1. The summed E-state index contributed by atoms with van der Waals surface area (Å²) in [6, 6.07) is 6.35. The lowest BCUT2D eigenvalue weighted by molar-refractivity contribution is 0.0158. The monoisotopic (exact) mass is 344 g/mol. The number of carbonyl (C=O) groups is 1. The number of hydrogen-bond donors (Lipinski definition) is 1. The summed E-state index contributed by atoms with van der Waals surface area (Å²) in [4.78, 5) is 14.6. The Kier molecular flexibility index (Phi) is 4.85. The third-order valence-corrected chi connectivity index (χ3v) is 5.12. The third kappa shape index (κ3) is 3.62. The van der Waals surface area contributed by atoms with E-state index in [1.165, 1.54) is 12.0 Å². The van der Waals surface area contributed by atoms with Crippen molar-refractivity contribution in [3.05, 3.63) is 42.1 Å². The smallest absolute Gasteiger partial charge is 0.286 e. The van der Waals surface area contributed by atoms with Gasteiger partial charge in [-0.3, -0.25) is 14.4 Å². The van der Waals surface area contributed by atoms with E-state index in [0.29, 0.717) is 18.3 Å². The summed E-state index contributed by atoms with van der Waals surface area (Å²) in [5.41, 5.74) is 1.25. The van der Waals surface area contributed by atoms with E-state index < -0.39 is 0 Å². The van der Waals surface area contributed by atoms with Gasteiger partial charge in [-0.05, 0) is 37.5 Å². The van der Waals surface area contributed by atoms with Crippen molar-refractivity contribution in [1.29, 1.82) is 0 Å². The van der Waals surface area contributed by atoms with Crippen molar-refractivity contribution in [2.24, 2.45) is 0 Å². The molecule has 2 aliphatic heterocycles. The van der Waals surface area contributed by atoms with Crippen molar-refractivity contribution in [3.8, 4) is 0 Å². The second-order valence-electron chi connectivity index (χ2n) is 6.72. The van der Waals surface area contributed by atoms with E-state index in [-0.39, 0.29) is 11.9 Å². The minimum absolute atomic E-state index is 0.164. The average Bonchev–Trinajstić information content (AvgIpc) is 3.34. The highest BCUT2D eigenvalue weighted by atomic mass is 16.5. The zero-order valence-electron chi connectivity index (χ0n) is 14.3. The molecular weight excluding hydrogens is 320 g/mol. The minimum atomic E-state index is -0.164. The Balaban J connectivity index is 1.37. The molecule has 0 bridgehead atoms. The molecule has 0 radical (unpaired) electrons. The molecule has 25 heavy (non-hydrogen) atoms. The van der Waals surface area contributed by atoms with Crippen LogP contribution >= 0.6 is 0 Å². The first-order valence-corrected chi connectivity index (χ1v) is 8.97. The summed E-state index contributed by atoms with van der Waals surface area (Å²) < 4.78 is 12.7. The van der Waals surface area contributed by atoms with Gasteiger partial charge in [-0.2, -0.15) is 5.10 Å². The number of amides is 1. The van der Waals surface area contributed by atoms with Gasteiger partial charge in [0.2, 0.25) is 0 Å². The van der Waals surface area contributed by atoms with Gasteiger partial charge < -0.3 is 14.5 Å². The fourth-order valence-corrected chi connectivity index (χ4v) is 3.81. The second kappa shape index (κ2) is 7.41. The van der Waals surface area contributed by atoms with Gasteiger partial charge >= 0.3 is 0 Å². The Morgan fingerprint density at radius 3 is 3.00 bits per heavy atom. The molecule has 7 nitrogen and oxygen atoms in total. The Hall–Kier alpha value is -2.12. The summed E-state index contributed by atoms with van der Waals surface area (Å²) in [5.74, 6) is 0.190. The lowest BCUT2D eigenvalue weighted by atomic mass is 10.0. The molecule has 4 heterocycles. The molecule has 0 spiro atoms. The number of carbonyl (C=O) groups excluding carboxylic acids is 1. The number of nitrogens with zero attached hydrogens (tertiary/aromatic N) is 3. The van der Waals surface area contributed by atoms with Gasteiger partial charge in [-0.25, -0.2) is 0 Å². The van der Waals surface area contributed by atoms with Crippen molar-refractivity contribution in [2.45, 2.75) is 37.9 Å². The van der Waals surface area contributed by atoms with E-state index >= 15 is 0 Å². The van der Waals surface area contributed by atoms with Crippen LogP contribution < -0.4 is 5.32 Å². The molecule has 0 aliphatic carbocycles. The third-order valence-electron chi connectivity index (χ3n) is 5.12. The molecule has 2 aliphatic rings. The van der Waals surface area contributed by atoms with Crippen molar-refractivity contribution in [2.75, 3.05) is 26.3 Å². The maximum atomic E-state index is 12.0. The molecule has 1 fully saturated rings. The Bertz CT molecular complexity index is 691. The number of ether oxygens (including phenoxy) is 1. The van der Waals surface area contributed by atoms with Gasteiger partial charge in [0.15, 0.2) is 5.76 Å². The predicted molar refractivity (Wildman–Crippen MR) is 91.2 cm³/mol. The second-order valence-corrected chi connectivity index (χ2v) is 6.72. The highest BCUT2D eigenvalue weighted by Crippen LogP contribution is 2.27. The zero-order valence-corrected chi connectivity index (χ0v) is 14.3. The predicted octanol–water partition coefficient (Wildman–Crippen LogP) is 1.83. The summed E-state index contributed by atoms with van der Waals surface area (Å²) in [6.45, 7) is 4.22. The maximum Gasteiger partial charge on any atom is 0.286 e. The first kappa shape index (κ1) is 16.4. The van der Waals surface area contributed by atoms with Crippen molar-refractivity contribution in [3.63, 3.8) is 0 Å². The van der Waals surface area contributed by atoms with E-state index in [0.717, 1.165) is 45.6 Å². The SMILES string of the molecule is O=C(NCC[C@H]1CN(C2CCOCC2)Cc2ccnn21)c1ccco1. The van der Waals surface area contributed by atoms with Crippen molar-refractivity contribution < 1.29 is 13.9 Å². The summed E-state index contributed by atoms with van der Waals surface area (Å²) in [7, 11) is 0. The number of aromatic nitrogens is 2. The molecule has 1 saturated heterocycles. The number of hydrogen-bond acceptors (Lipinski definition) is 5. The minimum Gasteiger partial charge on any atom is -0.459 e. The molecule has 2 aromatic rings. The molecule has 134 valence electrons. The molecule has 0 saturated carbocycles. The van der Waals surface area contributed by atoms with Crippen LogP contribution in [0.5, 0.6) is 0 Å². The van der Waals surface area contributed by atoms with Crippen molar-refractivity contribution in [1.82, 2.24) is 20.0 Å². The summed E-state index contributed by atoms with van der Waals surface area (Å²) in [6.07, 6.45) is 6.42. The van der Waals surface area contributed by atoms with Gasteiger partial charge in [-0.1, -0.05) is 0 Å². The molecule has 0 unspecified atom stereocenters. The number of rotatable bonds is 5. The van der Waals surface area contributed by atoms with E-state index in [1.54, 1.807) is 12.1 Å². The summed E-state index contributed by atoms with van der Waals surface area (Å²) in [5, 5.41) is 7.44. The molecule has 1 N–H and O–H groups in total. The normalized spacial score (nSPS) is 21.8. The van der Waals surface area contributed by atoms with Gasteiger partial charge in [-0.15, -0.1) is 0 Å². The molecule has 1 atom stereocenters. The topological polar surface area (TPSA) is 72.5 Å². The lowest BCUT2D eigenvalue weighted by Gasteiger charge is -2.40. The van der Waals surface area contributed by atoms with Crippen LogP contribution in [0.4, 0.5) is 0 Å². The van der Waals surface area contributed by atoms with E-state index in [2.05, 4.69) is 26.1 Å². The highest BCUT2D eigenvalue weighted by Gasteiger charge is 2.30. The van der Waals surface area contributed by atoms with Gasteiger partial charge in [0.25, 0.3) is 5.91 Å². The molecular formula is C18H24N4O3. The van der Waals surface area contributed by atoms with Crippen LogP contribution in [0.1, 0.15) is 41.6 Å². The van der Waals surface area contributed by atoms with Gasteiger partial charge in [0.05, 0.1) is 18.0 Å². The first-order chi connectivity index (χ1) is 12.3. The zero-order chi connectivity index (χ0) is 17.1. The number of furan rings is 1. The van der Waals surface area contributed by atoms with Crippen LogP contribution in [-0.2, 0) is 11.3 Å².